The van der Waals surface area contributed by atoms with Crippen LogP contribution in [0.5, 0.6) is 0 Å². The summed E-state index contributed by atoms with van der Waals surface area (Å²) < 4.78 is 13.9. The van der Waals surface area contributed by atoms with Gasteiger partial charge in [-0.25, -0.2) is 4.39 Å². The van der Waals surface area contributed by atoms with Crippen molar-refractivity contribution in [2.24, 2.45) is 5.73 Å². The van der Waals surface area contributed by atoms with Gasteiger partial charge in [0.25, 0.3) is 0 Å². The third-order valence-corrected chi connectivity index (χ3v) is 3.12. The molecule has 0 atom stereocenters. The van der Waals surface area contributed by atoms with E-state index in [0.29, 0.717) is 17.1 Å². The van der Waals surface area contributed by atoms with Crippen LogP contribution in [0.2, 0.25) is 0 Å². The maximum Gasteiger partial charge on any atom is 0.125 e. The summed E-state index contributed by atoms with van der Waals surface area (Å²) in [4.78, 5) is 4.27. The molecule has 0 aliphatic heterocycles. The van der Waals surface area contributed by atoms with Crippen LogP contribution in [0.1, 0.15) is 5.69 Å². The molecule has 0 saturated carbocycles. The molecule has 0 unspecified atom stereocenters. The average Bonchev–Trinajstić information content (AvgIpc) is 2.34. The third-order valence-electron chi connectivity index (χ3n) is 2.24. The number of nitrogens with two attached hydrogens (primary N) is 1. The number of pyridine rings is 1. The Morgan fingerprint density at radius 1 is 1.33 bits per heavy atom. The highest BCUT2D eigenvalue weighted by Crippen LogP contribution is 2.27. The number of hydrogen-bond acceptors (Lipinski definition) is 3. The minimum absolute atomic E-state index is 0.186. The van der Waals surface area contributed by atoms with E-state index in [0.717, 1.165) is 4.47 Å². The monoisotopic (exact) mass is 325 g/mol. The number of benzene rings is 1. The summed E-state index contributed by atoms with van der Waals surface area (Å²) in [6, 6.07) is 7.89. The van der Waals surface area contributed by atoms with Gasteiger partial charge in [-0.2, -0.15) is 0 Å². The fraction of sp³-hybridized carbons (Fsp3) is 0. The molecule has 0 spiro atoms. The molecule has 3 N–H and O–H groups in total. The molecule has 0 fully saturated rings. The van der Waals surface area contributed by atoms with E-state index in [4.69, 9.17) is 18.0 Å². The second kappa shape index (κ2) is 5.41. The van der Waals surface area contributed by atoms with E-state index in [2.05, 4.69) is 26.2 Å². The Kier molecular flexibility index (Phi) is 3.88. The van der Waals surface area contributed by atoms with Gasteiger partial charge in [0.2, 0.25) is 0 Å². The summed E-state index contributed by atoms with van der Waals surface area (Å²) >= 11 is 8.25. The van der Waals surface area contributed by atoms with Crippen molar-refractivity contribution < 1.29 is 4.39 Å². The molecule has 0 amide bonds. The van der Waals surface area contributed by atoms with E-state index in [1.165, 1.54) is 12.1 Å². The van der Waals surface area contributed by atoms with Crippen molar-refractivity contribution in [1.29, 1.82) is 0 Å². The van der Waals surface area contributed by atoms with Gasteiger partial charge in [-0.3, -0.25) is 4.98 Å². The van der Waals surface area contributed by atoms with E-state index in [1.807, 2.05) is 0 Å². The Balaban J connectivity index is 2.40. The van der Waals surface area contributed by atoms with Gasteiger partial charge in [0.1, 0.15) is 16.5 Å². The molecule has 3 nitrogen and oxygen atoms in total. The second-order valence-electron chi connectivity index (χ2n) is 3.51. The first-order valence-electron chi connectivity index (χ1n) is 5.05. The summed E-state index contributed by atoms with van der Waals surface area (Å²) in [7, 11) is 0. The van der Waals surface area contributed by atoms with Gasteiger partial charge in [-0.15, -0.1) is 0 Å². The first kappa shape index (κ1) is 12.9. The smallest absolute Gasteiger partial charge is 0.125 e. The lowest BCUT2D eigenvalue weighted by Gasteiger charge is -2.11. The molecule has 0 saturated heterocycles. The number of nitrogens with one attached hydrogen (secondary N) is 1. The largest absolute Gasteiger partial charge is 0.388 e. The van der Waals surface area contributed by atoms with Crippen LogP contribution in [0.4, 0.5) is 15.8 Å². The Hall–Kier alpha value is -1.53. The number of aromatic nitrogens is 1. The Bertz CT molecular complexity index is 604. The highest BCUT2D eigenvalue weighted by atomic mass is 79.9. The minimum Gasteiger partial charge on any atom is -0.388 e. The molecule has 2 aromatic rings. The number of thiocarbonyl (C=S) groups is 1. The molecule has 0 radical (unpaired) electrons. The maximum absolute atomic E-state index is 13.2. The minimum atomic E-state index is -0.332. The SMILES string of the molecule is NC(=S)c1ncccc1Nc1cc(F)ccc1Br. The van der Waals surface area contributed by atoms with Crippen LogP contribution in [0.15, 0.2) is 41.0 Å². The molecular weight excluding hydrogens is 317 g/mol. The standard InChI is InChI=1S/C12H9BrFN3S/c13-8-4-3-7(14)6-10(8)17-9-2-1-5-16-11(9)12(15)18/h1-6,17H,(H2,15,18). The second-order valence-corrected chi connectivity index (χ2v) is 4.81. The molecule has 2 rings (SSSR count). The van der Waals surface area contributed by atoms with E-state index < -0.39 is 0 Å². The summed E-state index contributed by atoms with van der Waals surface area (Å²) in [5, 5.41) is 3.05. The lowest BCUT2D eigenvalue weighted by atomic mass is 10.2. The van der Waals surface area contributed by atoms with Crippen molar-refractivity contribution in [3.05, 3.63) is 52.5 Å². The van der Waals surface area contributed by atoms with Gasteiger partial charge in [0.15, 0.2) is 0 Å². The number of anilines is 2. The maximum atomic E-state index is 13.2. The van der Waals surface area contributed by atoms with Crippen molar-refractivity contribution in [3.63, 3.8) is 0 Å². The molecule has 92 valence electrons. The van der Waals surface area contributed by atoms with Crippen LogP contribution in [-0.2, 0) is 0 Å². The quantitative estimate of drug-likeness (QED) is 0.849. The highest BCUT2D eigenvalue weighted by Gasteiger charge is 2.08. The van der Waals surface area contributed by atoms with Crippen molar-refractivity contribution >= 4 is 44.5 Å². The zero-order valence-corrected chi connectivity index (χ0v) is 11.6. The predicted octanol–water partition coefficient (Wildman–Crippen LogP) is 3.36. The first-order chi connectivity index (χ1) is 8.58. The molecule has 0 aliphatic rings. The molecule has 0 bridgehead atoms. The number of hydrogen-bond donors (Lipinski definition) is 2. The van der Waals surface area contributed by atoms with Crippen molar-refractivity contribution in [1.82, 2.24) is 4.98 Å². The number of nitrogens with zero attached hydrogens (tertiary/aromatic N) is 1. The van der Waals surface area contributed by atoms with Gasteiger partial charge in [-0.05, 0) is 46.3 Å². The molecule has 6 heteroatoms. The van der Waals surface area contributed by atoms with Gasteiger partial charge in [0.05, 0.1) is 11.4 Å². The summed E-state index contributed by atoms with van der Waals surface area (Å²) in [6.07, 6.45) is 1.60. The Labute approximate surface area is 117 Å². The van der Waals surface area contributed by atoms with E-state index in [-0.39, 0.29) is 10.8 Å². The number of halogens is 2. The zero-order chi connectivity index (χ0) is 13.1. The Morgan fingerprint density at radius 3 is 2.83 bits per heavy atom. The van der Waals surface area contributed by atoms with Crippen molar-refractivity contribution in [2.75, 3.05) is 5.32 Å². The lowest BCUT2D eigenvalue weighted by molar-refractivity contribution is 0.628. The van der Waals surface area contributed by atoms with E-state index in [1.54, 1.807) is 24.4 Å². The van der Waals surface area contributed by atoms with Crippen LogP contribution in [0.3, 0.4) is 0 Å². The van der Waals surface area contributed by atoms with Gasteiger partial charge in [-0.1, -0.05) is 12.2 Å². The summed E-state index contributed by atoms with van der Waals surface area (Å²) in [6.45, 7) is 0. The molecule has 1 aromatic heterocycles. The van der Waals surface area contributed by atoms with E-state index in [9.17, 15) is 4.39 Å². The van der Waals surface area contributed by atoms with Crippen LogP contribution in [0, 0.1) is 5.82 Å². The van der Waals surface area contributed by atoms with Gasteiger partial charge in [0, 0.05) is 10.7 Å². The average molecular weight is 326 g/mol. The highest BCUT2D eigenvalue weighted by molar-refractivity contribution is 9.10. The van der Waals surface area contributed by atoms with Crippen LogP contribution < -0.4 is 11.1 Å². The summed E-state index contributed by atoms with van der Waals surface area (Å²) in [5.74, 6) is -0.332. The normalized spacial score (nSPS) is 10.1. The first-order valence-corrected chi connectivity index (χ1v) is 6.25. The molecular formula is C12H9BrFN3S. The fourth-order valence-electron chi connectivity index (χ4n) is 1.44. The van der Waals surface area contributed by atoms with Crippen molar-refractivity contribution in [3.8, 4) is 0 Å². The van der Waals surface area contributed by atoms with Crippen LogP contribution in [0.25, 0.3) is 0 Å². The zero-order valence-electron chi connectivity index (χ0n) is 9.15. The molecule has 18 heavy (non-hydrogen) atoms. The molecule has 1 heterocycles. The summed E-state index contributed by atoms with van der Waals surface area (Å²) in [5.41, 5.74) is 7.27. The van der Waals surface area contributed by atoms with E-state index >= 15 is 0 Å². The third kappa shape index (κ3) is 2.83. The lowest BCUT2D eigenvalue weighted by Crippen LogP contribution is -2.13. The molecule has 0 aliphatic carbocycles. The molecule has 1 aromatic carbocycles. The van der Waals surface area contributed by atoms with Gasteiger partial charge < -0.3 is 11.1 Å². The van der Waals surface area contributed by atoms with Gasteiger partial charge >= 0.3 is 0 Å². The Morgan fingerprint density at radius 2 is 2.11 bits per heavy atom. The van der Waals surface area contributed by atoms with Crippen LogP contribution >= 0.6 is 28.1 Å². The van der Waals surface area contributed by atoms with Crippen molar-refractivity contribution in [2.45, 2.75) is 0 Å². The number of rotatable bonds is 3. The van der Waals surface area contributed by atoms with Crippen LogP contribution in [-0.4, -0.2) is 9.97 Å². The predicted molar refractivity (Wildman–Crippen MR) is 77.5 cm³/mol. The fourth-order valence-corrected chi connectivity index (χ4v) is 1.95. The topological polar surface area (TPSA) is 50.9 Å².